The molecule has 0 unspecified atom stereocenters. The Morgan fingerprint density at radius 3 is 2.65 bits per heavy atom. The van der Waals surface area contributed by atoms with E-state index in [1.165, 1.54) is 11.4 Å². The Morgan fingerprint density at radius 1 is 1.20 bits per heavy atom. The zero-order valence-electron chi connectivity index (χ0n) is 12.1. The van der Waals surface area contributed by atoms with Crippen molar-refractivity contribution in [3.63, 3.8) is 0 Å². The number of anilines is 2. The number of fused-ring (bicyclic) bond motifs is 1. The van der Waals surface area contributed by atoms with Crippen molar-refractivity contribution >= 4 is 11.4 Å². The smallest absolute Gasteiger partial charge is 0.123 e. The molecule has 1 aliphatic heterocycles. The maximum Gasteiger partial charge on any atom is 0.123 e. The third-order valence-electron chi connectivity index (χ3n) is 3.94. The summed E-state index contributed by atoms with van der Waals surface area (Å²) in [7, 11) is 2.14. The number of para-hydroxylation sites is 2. The van der Waals surface area contributed by atoms with Gasteiger partial charge in [0.05, 0.1) is 24.5 Å². The highest BCUT2D eigenvalue weighted by Gasteiger charge is 2.21. The van der Waals surface area contributed by atoms with E-state index in [2.05, 4.69) is 47.2 Å². The molecule has 0 atom stereocenters. The third-order valence-corrected chi connectivity index (χ3v) is 3.94. The van der Waals surface area contributed by atoms with Gasteiger partial charge >= 0.3 is 0 Å². The summed E-state index contributed by atoms with van der Waals surface area (Å²) in [4.78, 5) is 4.67. The van der Waals surface area contributed by atoms with Crippen molar-refractivity contribution in [2.75, 3.05) is 29.9 Å². The van der Waals surface area contributed by atoms with Gasteiger partial charge in [-0.1, -0.05) is 12.1 Å². The molecule has 1 aliphatic rings. The molecule has 20 heavy (non-hydrogen) atoms. The van der Waals surface area contributed by atoms with Gasteiger partial charge in [-0.15, -0.1) is 0 Å². The molecule has 0 aliphatic carbocycles. The second kappa shape index (κ2) is 5.21. The molecule has 2 N–H and O–H groups in total. The first-order chi connectivity index (χ1) is 9.69. The Bertz CT molecular complexity index is 606. The predicted octanol–water partition coefficient (Wildman–Crippen LogP) is 2.50. The lowest BCUT2D eigenvalue weighted by Gasteiger charge is -2.36. The first-order valence-electron chi connectivity index (χ1n) is 7.02. The number of rotatable bonds is 3. The van der Waals surface area contributed by atoms with E-state index in [-0.39, 0.29) is 0 Å². The summed E-state index contributed by atoms with van der Waals surface area (Å²) >= 11 is 0. The summed E-state index contributed by atoms with van der Waals surface area (Å²) in [6.07, 6.45) is 0. The normalized spacial score (nSPS) is 14.6. The SMILES string of the molecule is Cc1cc(CN2CCN(C)c3ccccc32)oc1CN. The van der Waals surface area contributed by atoms with E-state index in [1.54, 1.807) is 0 Å². The maximum atomic E-state index is 5.83. The largest absolute Gasteiger partial charge is 0.463 e. The standard InChI is InChI=1S/C16H21N3O/c1-12-9-13(20-16(12)10-17)11-19-8-7-18(2)14-5-3-4-6-15(14)19/h3-6,9H,7-8,10-11,17H2,1-2H3. The van der Waals surface area contributed by atoms with E-state index in [0.717, 1.165) is 36.7 Å². The molecule has 0 saturated heterocycles. The highest BCUT2D eigenvalue weighted by Crippen LogP contribution is 2.33. The van der Waals surface area contributed by atoms with E-state index in [0.29, 0.717) is 6.54 Å². The fourth-order valence-corrected chi connectivity index (χ4v) is 2.79. The minimum atomic E-state index is 0.463. The van der Waals surface area contributed by atoms with Crippen LogP contribution in [0.5, 0.6) is 0 Å². The van der Waals surface area contributed by atoms with Gasteiger partial charge in [-0.3, -0.25) is 0 Å². The van der Waals surface area contributed by atoms with E-state index < -0.39 is 0 Å². The van der Waals surface area contributed by atoms with Crippen LogP contribution in [0, 0.1) is 6.92 Å². The molecular weight excluding hydrogens is 250 g/mol. The van der Waals surface area contributed by atoms with Gasteiger partial charge in [0.2, 0.25) is 0 Å². The Balaban J connectivity index is 1.86. The van der Waals surface area contributed by atoms with Crippen LogP contribution in [0.25, 0.3) is 0 Å². The van der Waals surface area contributed by atoms with Gasteiger partial charge in [-0.25, -0.2) is 0 Å². The Kier molecular flexibility index (Phi) is 3.40. The fraction of sp³-hybridized carbons (Fsp3) is 0.375. The van der Waals surface area contributed by atoms with Gasteiger partial charge in [-0.2, -0.15) is 0 Å². The van der Waals surface area contributed by atoms with Gasteiger partial charge < -0.3 is 20.0 Å². The second-order valence-corrected chi connectivity index (χ2v) is 5.35. The molecule has 1 aromatic carbocycles. The fourth-order valence-electron chi connectivity index (χ4n) is 2.79. The van der Waals surface area contributed by atoms with Crippen molar-refractivity contribution in [2.24, 2.45) is 5.73 Å². The monoisotopic (exact) mass is 271 g/mol. The van der Waals surface area contributed by atoms with Gasteiger partial charge in [0, 0.05) is 20.1 Å². The van der Waals surface area contributed by atoms with Gasteiger partial charge in [0.15, 0.2) is 0 Å². The minimum absolute atomic E-state index is 0.463. The van der Waals surface area contributed by atoms with Crippen molar-refractivity contribution in [1.82, 2.24) is 0 Å². The predicted molar refractivity (Wildman–Crippen MR) is 82.1 cm³/mol. The molecule has 4 nitrogen and oxygen atoms in total. The van der Waals surface area contributed by atoms with Crippen LogP contribution < -0.4 is 15.5 Å². The summed E-state index contributed by atoms with van der Waals surface area (Å²) in [6.45, 7) is 5.34. The zero-order valence-corrected chi connectivity index (χ0v) is 12.1. The third kappa shape index (κ3) is 2.27. The molecule has 106 valence electrons. The van der Waals surface area contributed by atoms with Gasteiger partial charge in [0.25, 0.3) is 0 Å². The topological polar surface area (TPSA) is 45.6 Å². The molecule has 0 saturated carbocycles. The molecule has 0 fully saturated rings. The lowest BCUT2D eigenvalue weighted by Crippen LogP contribution is -2.38. The van der Waals surface area contributed by atoms with Crippen LogP contribution in [0.15, 0.2) is 34.7 Å². The maximum absolute atomic E-state index is 5.83. The average molecular weight is 271 g/mol. The number of hydrogen-bond donors (Lipinski definition) is 1. The van der Waals surface area contributed by atoms with Crippen molar-refractivity contribution in [3.8, 4) is 0 Å². The van der Waals surface area contributed by atoms with Crippen LogP contribution in [0.4, 0.5) is 11.4 Å². The van der Waals surface area contributed by atoms with Crippen LogP contribution in [-0.2, 0) is 13.1 Å². The quantitative estimate of drug-likeness (QED) is 0.931. The molecule has 4 heteroatoms. The van der Waals surface area contributed by atoms with E-state index in [4.69, 9.17) is 10.2 Å². The Hall–Kier alpha value is -1.94. The van der Waals surface area contributed by atoms with Crippen LogP contribution in [-0.4, -0.2) is 20.1 Å². The molecular formula is C16H21N3O. The number of hydrogen-bond acceptors (Lipinski definition) is 4. The van der Waals surface area contributed by atoms with Crippen LogP contribution >= 0.6 is 0 Å². The molecule has 0 radical (unpaired) electrons. The zero-order chi connectivity index (χ0) is 14.1. The van der Waals surface area contributed by atoms with Crippen LogP contribution in [0.2, 0.25) is 0 Å². The van der Waals surface area contributed by atoms with E-state index in [9.17, 15) is 0 Å². The summed E-state index contributed by atoms with van der Waals surface area (Å²) < 4.78 is 5.83. The molecule has 0 bridgehead atoms. The van der Waals surface area contributed by atoms with Crippen LogP contribution in [0.1, 0.15) is 17.1 Å². The minimum Gasteiger partial charge on any atom is -0.463 e. The molecule has 2 heterocycles. The lowest BCUT2D eigenvalue weighted by atomic mass is 10.1. The van der Waals surface area contributed by atoms with Crippen LogP contribution in [0.3, 0.4) is 0 Å². The van der Waals surface area contributed by atoms with E-state index >= 15 is 0 Å². The summed E-state index contributed by atoms with van der Waals surface area (Å²) in [5.41, 5.74) is 9.37. The average Bonchev–Trinajstić information content (AvgIpc) is 2.82. The first kappa shape index (κ1) is 13.1. The second-order valence-electron chi connectivity index (χ2n) is 5.35. The molecule has 2 aromatic rings. The summed E-state index contributed by atoms with van der Waals surface area (Å²) in [5.74, 6) is 1.88. The number of benzene rings is 1. The number of nitrogens with two attached hydrogens (primary N) is 1. The Morgan fingerprint density at radius 2 is 1.95 bits per heavy atom. The molecule has 1 aromatic heterocycles. The van der Waals surface area contributed by atoms with Crippen molar-refractivity contribution in [1.29, 1.82) is 0 Å². The number of furan rings is 1. The molecule has 0 amide bonds. The van der Waals surface area contributed by atoms with Gasteiger partial charge in [-0.05, 0) is 30.7 Å². The highest BCUT2D eigenvalue weighted by molar-refractivity contribution is 5.73. The first-order valence-corrected chi connectivity index (χ1v) is 7.02. The van der Waals surface area contributed by atoms with Crippen molar-refractivity contribution in [2.45, 2.75) is 20.0 Å². The van der Waals surface area contributed by atoms with E-state index in [1.807, 2.05) is 6.92 Å². The molecule has 3 rings (SSSR count). The van der Waals surface area contributed by atoms with Crippen molar-refractivity contribution < 1.29 is 4.42 Å². The van der Waals surface area contributed by atoms with Crippen molar-refractivity contribution in [3.05, 3.63) is 47.4 Å². The number of nitrogens with zero attached hydrogens (tertiary/aromatic N) is 2. The number of aryl methyl sites for hydroxylation is 1. The summed E-state index contributed by atoms with van der Waals surface area (Å²) in [5, 5.41) is 0. The summed E-state index contributed by atoms with van der Waals surface area (Å²) in [6, 6.07) is 10.6. The number of likely N-dealkylation sites (N-methyl/N-ethyl adjacent to an activating group) is 1. The Labute approximate surface area is 119 Å². The lowest BCUT2D eigenvalue weighted by molar-refractivity contribution is 0.459. The highest BCUT2D eigenvalue weighted by atomic mass is 16.3. The van der Waals surface area contributed by atoms with Gasteiger partial charge in [0.1, 0.15) is 11.5 Å². The molecule has 0 spiro atoms.